The summed E-state index contributed by atoms with van der Waals surface area (Å²) in [6, 6.07) is 17.4. The van der Waals surface area contributed by atoms with Crippen LogP contribution in [0.1, 0.15) is 39.7 Å². The lowest BCUT2D eigenvalue weighted by Gasteiger charge is -2.36. The molecule has 0 spiro atoms. The molecule has 0 saturated heterocycles. The SMILES string of the molecule is CC(C)(C)OC(=O)N[C@H]1C[C@@H](n2nc(-c3ccc(Oc4ccccc4)cc3)c3c(N)ncnc32)C1. The number of carbonyl (C=O) groups is 1. The first-order valence-corrected chi connectivity index (χ1v) is 11.6. The summed E-state index contributed by atoms with van der Waals surface area (Å²) in [6.45, 7) is 5.54. The van der Waals surface area contributed by atoms with Crippen molar-refractivity contribution in [3.05, 3.63) is 60.9 Å². The number of hydrogen-bond donors (Lipinski definition) is 2. The lowest BCUT2D eigenvalue weighted by molar-refractivity contribution is 0.0454. The monoisotopic (exact) mass is 472 g/mol. The summed E-state index contributed by atoms with van der Waals surface area (Å²) in [7, 11) is 0. The number of para-hydroxylation sites is 1. The number of amides is 1. The van der Waals surface area contributed by atoms with E-state index in [1.807, 2.05) is 80.1 Å². The van der Waals surface area contributed by atoms with Crippen LogP contribution in [0.2, 0.25) is 0 Å². The van der Waals surface area contributed by atoms with E-state index in [9.17, 15) is 4.79 Å². The summed E-state index contributed by atoms with van der Waals surface area (Å²) in [6.07, 6.45) is 2.49. The second kappa shape index (κ2) is 8.90. The van der Waals surface area contributed by atoms with E-state index in [-0.39, 0.29) is 12.1 Å². The van der Waals surface area contributed by atoms with Gasteiger partial charge in [0.25, 0.3) is 0 Å². The summed E-state index contributed by atoms with van der Waals surface area (Å²) < 4.78 is 13.2. The summed E-state index contributed by atoms with van der Waals surface area (Å²) >= 11 is 0. The molecule has 0 unspecified atom stereocenters. The molecule has 2 aromatic carbocycles. The Hall–Kier alpha value is -4.14. The van der Waals surface area contributed by atoms with E-state index in [1.165, 1.54) is 6.33 Å². The average molecular weight is 473 g/mol. The van der Waals surface area contributed by atoms with Crippen LogP contribution >= 0.6 is 0 Å². The Morgan fingerprint density at radius 3 is 2.40 bits per heavy atom. The molecular formula is C26H28N6O3. The molecule has 1 fully saturated rings. The molecule has 2 heterocycles. The molecule has 2 aromatic heterocycles. The van der Waals surface area contributed by atoms with Crippen LogP contribution in [0, 0.1) is 0 Å². The van der Waals surface area contributed by atoms with Gasteiger partial charge in [-0.15, -0.1) is 0 Å². The number of ether oxygens (including phenoxy) is 2. The minimum Gasteiger partial charge on any atom is -0.457 e. The molecule has 1 aliphatic carbocycles. The van der Waals surface area contributed by atoms with Crippen molar-refractivity contribution in [1.29, 1.82) is 0 Å². The highest BCUT2D eigenvalue weighted by Gasteiger charge is 2.35. The molecule has 180 valence electrons. The van der Waals surface area contributed by atoms with Gasteiger partial charge in [0.1, 0.15) is 34.9 Å². The van der Waals surface area contributed by atoms with Gasteiger partial charge in [-0.25, -0.2) is 19.4 Å². The molecule has 0 radical (unpaired) electrons. The highest BCUT2D eigenvalue weighted by molar-refractivity contribution is 5.98. The molecule has 0 aliphatic heterocycles. The van der Waals surface area contributed by atoms with E-state index < -0.39 is 11.7 Å². The number of anilines is 1. The van der Waals surface area contributed by atoms with Gasteiger partial charge in [-0.1, -0.05) is 18.2 Å². The molecule has 0 atom stereocenters. The Kier molecular flexibility index (Phi) is 5.76. The van der Waals surface area contributed by atoms with E-state index in [0.717, 1.165) is 29.9 Å². The molecule has 3 N–H and O–H groups in total. The third-order valence-electron chi connectivity index (χ3n) is 5.80. The summed E-state index contributed by atoms with van der Waals surface area (Å²) in [5.74, 6) is 1.87. The highest BCUT2D eigenvalue weighted by Crippen LogP contribution is 2.38. The van der Waals surface area contributed by atoms with Crippen LogP contribution in [0.25, 0.3) is 22.3 Å². The van der Waals surface area contributed by atoms with Crippen LogP contribution in [0.5, 0.6) is 11.5 Å². The zero-order valence-corrected chi connectivity index (χ0v) is 19.9. The Morgan fingerprint density at radius 1 is 1.03 bits per heavy atom. The van der Waals surface area contributed by atoms with Crippen LogP contribution in [0.3, 0.4) is 0 Å². The van der Waals surface area contributed by atoms with Crippen LogP contribution in [-0.4, -0.2) is 37.5 Å². The first-order valence-electron chi connectivity index (χ1n) is 11.6. The summed E-state index contributed by atoms with van der Waals surface area (Å²) in [5, 5.41) is 8.52. The lowest BCUT2D eigenvalue weighted by Crippen LogP contribution is -2.46. The molecule has 1 amide bonds. The molecule has 9 heteroatoms. The van der Waals surface area contributed by atoms with E-state index in [1.54, 1.807) is 0 Å². The van der Waals surface area contributed by atoms with E-state index in [2.05, 4.69) is 15.3 Å². The van der Waals surface area contributed by atoms with Gasteiger partial charge in [0.05, 0.1) is 11.4 Å². The van der Waals surface area contributed by atoms with Gasteiger partial charge in [-0.2, -0.15) is 5.10 Å². The van der Waals surface area contributed by atoms with Crippen molar-refractivity contribution in [3.63, 3.8) is 0 Å². The van der Waals surface area contributed by atoms with Crippen LogP contribution in [0.15, 0.2) is 60.9 Å². The number of nitrogen functional groups attached to an aromatic ring is 1. The zero-order valence-electron chi connectivity index (χ0n) is 19.9. The number of aromatic nitrogens is 4. The molecule has 9 nitrogen and oxygen atoms in total. The largest absolute Gasteiger partial charge is 0.457 e. The van der Waals surface area contributed by atoms with Crippen molar-refractivity contribution in [1.82, 2.24) is 25.1 Å². The predicted molar refractivity (Wildman–Crippen MR) is 133 cm³/mol. The molecule has 1 aliphatic rings. The first-order chi connectivity index (χ1) is 16.8. The molecular weight excluding hydrogens is 444 g/mol. The van der Waals surface area contributed by atoms with Crippen molar-refractivity contribution in [2.75, 3.05) is 5.73 Å². The Morgan fingerprint density at radius 2 is 1.71 bits per heavy atom. The van der Waals surface area contributed by atoms with Gasteiger partial charge in [-0.05, 0) is 70.0 Å². The van der Waals surface area contributed by atoms with Gasteiger partial charge in [0, 0.05) is 11.6 Å². The van der Waals surface area contributed by atoms with Crippen LogP contribution < -0.4 is 15.8 Å². The van der Waals surface area contributed by atoms with Gasteiger partial charge < -0.3 is 20.5 Å². The number of rotatable bonds is 5. The van der Waals surface area contributed by atoms with Crippen molar-refractivity contribution >= 4 is 22.9 Å². The maximum absolute atomic E-state index is 12.1. The quantitative estimate of drug-likeness (QED) is 0.415. The van der Waals surface area contributed by atoms with Crippen molar-refractivity contribution < 1.29 is 14.3 Å². The van der Waals surface area contributed by atoms with Crippen LogP contribution in [-0.2, 0) is 4.74 Å². The number of nitrogens with one attached hydrogen (secondary N) is 1. The maximum Gasteiger partial charge on any atom is 0.407 e. The summed E-state index contributed by atoms with van der Waals surface area (Å²) in [5.41, 5.74) is 8.00. The van der Waals surface area contributed by atoms with Crippen molar-refractivity contribution in [3.8, 4) is 22.8 Å². The second-order valence-corrected chi connectivity index (χ2v) is 9.66. The molecule has 0 bridgehead atoms. The fraction of sp³-hybridized carbons (Fsp3) is 0.308. The Balaban J connectivity index is 1.36. The topological polar surface area (TPSA) is 117 Å². The smallest absolute Gasteiger partial charge is 0.407 e. The first kappa shape index (κ1) is 22.6. The minimum atomic E-state index is -0.531. The second-order valence-electron chi connectivity index (χ2n) is 9.66. The third kappa shape index (κ3) is 4.89. The van der Waals surface area contributed by atoms with E-state index >= 15 is 0 Å². The third-order valence-corrected chi connectivity index (χ3v) is 5.80. The normalized spacial score (nSPS) is 17.6. The minimum absolute atomic E-state index is 0.0196. The number of nitrogens with zero attached hydrogens (tertiary/aromatic N) is 4. The number of alkyl carbamates (subject to hydrolysis) is 1. The Bertz CT molecular complexity index is 1340. The fourth-order valence-corrected chi connectivity index (χ4v) is 4.14. The number of carbonyl (C=O) groups excluding carboxylic acids is 1. The van der Waals surface area contributed by atoms with Gasteiger partial charge in [0.15, 0.2) is 5.65 Å². The molecule has 4 aromatic rings. The van der Waals surface area contributed by atoms with Gasteiger partial charge >= 0.3 is 6.09 Å². The Labute approximate surface area is 203 Å². The van der Waals surface area contributed by atoms with Crippen LogP contribution in [0.4, 0.5) is 10.6 Å². The predicted octanol–water partition coefficient (Wildman–Crippen LogP) is 5.10. The molecule has 35 heavy (non-hydrogen) atoms. The number of nitrogens with two attached hydrogens (primary N) is 1. The maximum atomic E-state index is 12.1. The van der Waals surface area contributed by atoms with Gasteiger partial charge in [0.2, 0.25) is 0 Å². The average Bonchev–Trinajstić information content (AvgIpc) is 3.16. The van der Waals surface area contributed by atoms with E-state index in [4.69, 9.17) is 20.3 Å². The number of fused-ring (bicyclic) bond motifs is 1. The standard InChI is InChI=1S/C26H28N6O3/c1-26(2,3)35-25(33)30-17-13-18(14-17)32-24-21(23(27)28-15-29-24)22(31-32)16-9-11-20(12-10-16)34-19-7-5-4-6-8-19/h4-12,15,17-18H,13-14H2,1-3H3,(H,30,33)(H2,27,28,29)/t17-,18+. The fourth-order valence-electron chi connectivity index (χ4n) is 4.14. The highest BCUT2D eigenvalue weighted by atomic mass is 16.6. The lowest BCUT2D eigenvalue weighted by atomic mass is 9.87. The van der Waals surface area contributed by atoms with Crippen molar-refractivity contribution in [2.45, 2.75) is 51.3 Å². The van der Waals surface area contributed by atoms with Gasteiger partial charge in [-0.3, -0.25) is 0 Å². The number of benzene rings is 2. The molecule has 5 rings (SSSR count). The van der Waals surface area contributed by atoms with E-state index in [0.29, 0.717) is 22.5 Å². The summed E-state index contributed by atoms with van der Waals surface area (Å²) in [4.78, 5) is 20.7. The number of hydrogen-bond acceptors (Lipinski definition) is 7. The van der Waals surface area contributed by atoms with Crippen molar-refractivity contribution in [2.24, 2.45) is 0 Å². The molecule has 1 saturated carbocycles. The zero-order chi connectivity index (χ0) is 24.6.